The van der Waals surface area contributed by atoms with Crippen molar-refractivity contribution >= 4 is 23.6 Å². The molecule has 11 heteroatoms. The average Bonchev–Trinajstić information content (AvgIpc) is 3.21. The Balaban J connectivity index is 0.000000286. The van der Waals surface area contributed by atoms with Crippen LogP contribution in [-0.2, 0) is 0 Å². The fourth-order valence-electron chi connectivity index (χ4n) is 3.02. The van der Waals surface area contributed by atoms with Gasteiger partial charge in [0.05, 0.1) is 5.52 Å². The van der Waals surface area contributed by atoms with E-state index in [-0.39, 0.29) is 17.3 Å². The number of hydrogen-bond donors (Lipinski definition) is 1. The minimum atomic E-state index is -4.46. The van der Waals surface area contributed by atoms with Crippen molar-refractivity contribution in [2.24, 2.45) is 0 Å². The van der Waals surface area contributed by atoms with Gasteiger partial charge in [-0.1, -0.05) is 0 Å². The van der Waals surface area contributed by atoms with Crippen molar-refractivity contribution in [3.05, 3.63) is 48.4 Å². The number of pyridine rings is 2. The van der Waals surface area contributed by atoms with Crippen molar-refractivity contribution in [2.75, 3.05) is 25.2 Å². The van der Waals surface area contributed by atoms with Crippen LogP contribution in [0.15, 0.2) is 42.7 Å². The number of aldehydes is 1. The van der Waals surface area contributed by atoms with Crippen LogP contribution in [0, 0.1) is 0 Å². The van der Waals surface area contributed by atoms with E-state index in [4.69, 9.17) is 9.47 Å². The Morgan fingerprint density at radius 1 is 1.27 bits per heavy atom. The normalized spacial score (nSPS) is 15.4. The molecule has 1 fully saturated rings. The molecule has 0 unspecified atom stereocenters. The van der Waals surface area contributed by atoms with E-state index in [0.29, 0.717) is 23.1 Å². The number of fused-ring (bicyclic) bond motifs is 1. The third kappa shape index (κ3) is 7.36. The van der Waals surface area contributed by atoms with Crippen LogP contribution in [0.1, 0.15) is 30.3 Å². The maximum absolute atomic E-state index is 12.3. The highest BCUT2D eigenvalue weighted by Crippen LogP contribution is 2.31. The smallest absolute Gasteiger partial charge is 0.422 e. The van der Waals surface area contributed by atoms with Gasteiger partial charge in [0, 0.05) is 24.0 Å². The van der Waals surface area contributed by atoms with E-state index in [2.05, 4.69) is 41.1 Å². The first-order valence-electron chi connectivity index (χ1n) is 10.2. The minimum absolute atomic E-state index is 0.0961. The number of nitrogens with zero attached hydrogens (tertiary/aromatic N) is 3. The molecule has 1 aliphatic rings. The summed E-state index contributed by atoms with van der Waals surface area (Å²) in [5, 5.41) is 7.35. The van der Waals surface area contributed by atoms with Gasteiger partial charge >= 0.3 is 6.18 Å². The number of aromatic nitrogens is 3. The molecule has 0 amide bonds. The number of hydrogen-bond acceptors (Lipinski definition) is 7. The predicted octanol–water partition coefficient (Wildman–Crippen LogP) is 4.77. The molecular formula is C22H25F3N4O3S. The summed E-state index contributed by atoms with van der Waals surface area (Å²) in [6, 6.07) is 7.42. The van der Waals surface area contributed by atoms with Gasteiger partial charge in [0.2, 0.25) is 0 Å². The number of halogens is 3. The molecule has 4 rings (SSSR count). The number of ether oxygens (including phenoxy) is 2. The van der Waals surface area contributed by atoms with Crippen molar-refractivity contribution in [3.8, 4) is 17.4 Å². The van der Waals surface area contributed by atoms with Crippen LogP contribution in [0.25, 0.3) is 5.52 Å². The lowest BCUT2D eigenvalue weighted by atomic mass is 9.95. The van der Waals surface area contributed by atoms with Crippen LogP contribution >= 0.6 is 11.8 Å². The van der Waals surface area contributed by atoms with Crippen LogP contribution in [0.4, 0.5) is 13.2 Å². The van der Waals surface area contributed by atoms with Gasteiger partial charge in [0.25, 0.3) is 5.88 Å². The summed E-state index contributed by atoms with van der Waals surface area (Å²) in [5.41, 5.74) is 1.29. The van der Waals surface area contributed by atoms with Crippen LogP contribution in [-0.4, -0.2) is 57.8 Å². The van der Waals surface area contributed by atoms with Crippen LogP contribution in [0.2, 0.25) is 0 Å². The zero-order valence-corrected chi connectivity index (χ0v) is 19.1. The molecule has 178 valence electrons. The highest BCUT2D eigenvalue weighted by molar-refractivity contribution is 7.99. The standard InChI is InChI=1S/C15H10F3N3O3.C7H15NS/c16-15(17,18)9-23-13-2-1-4-19-14(13)24-12-3-5-21-11(7-12)6-10(8-22)20-21;1-7(8-2)3-5-9-6-4-7/h1-8H,9H2;8H,3-6H2,1-2H3. The monoisotopic (exact) mass is 482 g/mol. The van der Waals surface area contributed by atoms with Crippen molar-refractivity contribution in [2.45, 2.75) is 31.5 Å². The molecule has 0 radical (unpaired) electrons. The summed E-state index contributed by atoms with van der Waals surface area (Å²) < 4.78 is 48.5. The fourth-order valence-corrected chi connectivity index (χ4v) is 4.41. The maximum Gasteiger partial charge on any atom is 0.422 e. The second-order valence-corrected chi connectivity index (χ2v) is 8.88. The SMILES string of the molecule is CNC1(C)CCSCC1.O=Cc1cc2cc(Oc3ncccc3OCC(F)(F)F)ccn2n1. The Bertz CT molecular complexity index is 1070. The van der Waals surface area contributed by atoms with Crippen LogP contribution < -0.4 is 14.8 Å². The molecule has 1 saturated heterocycles. The van der Waals surface area contributed by atoms with Crippen LogP contribution in [0.3, 0.4) is 0 Å². The molecule has 3 aromatic heterocycles. The summed E-state index contributed by atoms with van der Waals surface area (Å²) in [6.07, 6.45) is 1.72. The molecule has 33 heavy (non-hydrogen) atoms. The summed E-state index contributed by atoms with van der Waals surface area (Å²) in [7, 11) is 2.07. The van der Waals surface area contributed by atoms with E-state index in [1.807, 2.05) is 0 Å². The highest BCUT2D eigenvalue weighted by atomic mass is 32.2. The lowest BCUT2D eigenvalue weighted by molar-refractivity contribution is -0.153. The van der Waals surface area contributed by atoms with Gasteiger partial charge in [-0.25, -0.2) is 9.50 Å². The molecule has 4 heterocycles. The minimum Gasteiger partial charge on any atom is -0.478 e. The number of thioether (sulfide) groups is 1. The lowest BCUT2D eigenvalue weighted by Crippen LogP contribution is -2.42. The van der Waals surface area contributed by atoms with Gasteiger partial charge in [-0.05, 0) is 62.6 Å². The maximum atomic E-state index is 12.3. The molecule has 0 aromatic carbocycles. The second kappa shape index (κ2) is 10.9. The van der Waals surface area contributed by atoms with Crippen molar-refractivity contribution in [1.82, 2.24) is 19.9 Å². The Labute approximate surface area is 193 Å². The first kappa shape index (κ1) is 24.8. The topological polar surface area (TPSA) is 77.8 Å². The largest absolute Gasteiger partial charge is 0.478 e. The van der Waals surface area contributed by atoms with Crippen molar-refractivity contribution in [1.29, 1.82) is 0 Å². The molecule has 0 bridgehead atoms. The quantitative estimate of drug-likeness (QED) is 0.507. The zero-order chi connectivity index (χ0) is 23.9. The van der Waals surface area contributed by atoms with Gasteiger partial charge in [-0.15, -0.1) is 0 Å². The number of nitrogens with one attached hydrogen (secondary N) is 1. The first-order valence-corrected chi connectivity index (χ1v) is 11.4. The number of carbonyl (C=O) groups is 1. The molecule has 0 spiro atoms. The van der Waals surface area contributed by atoms with E-state index >= 15 is 0 Å². The Kier molecular flexibility index (Phi) is 8.20. The lowest BCUT2D eigenvalue weighted by Gasteiger charge is -2.32. The molecule has 0 saturated carbocycles. The summed E-state index contributed by atoms with van der Waals surface area (Å²) in [4.78, 5) is 14.6. The van der Waals surface area contributed by atoms with E-state index in [1.165, 1.54) is 53.3 Å². The van der Waals surface area contributed by atoms with Crippen LogP contribution in [0.5, 0.6) is 17.4 Å². The first-order chi connectivity index (χ1) is 15.7. The van der Waals surface area contributed by atoms with Gasteiger partial charge in [0.15, 0.2) is 18.6 Å². The zero-order valence-electron chi connectivity index (χ0n) is 18.3. The molecule has 3 aromatic rings. The highest BCUT2D eigenvalue weighted by Gasteiger charge is 2.29. The van der Waals surface area contributed by atoms with Crippen molar-refractivity contribution < 1.29 is 27.4 Å². The van der Waals surface area contributed by atoms with E-state index in [9.17, 15) is 18.0 Å². The van der Waals surface area contributed by atoms with Gasteiger partial charge in [-0.2, -0.15) is 30.0 Å². The van der Waals surface area contributed by atoms with Gasteiger partial charge in [-0.3, -0.25) is 4.79 Å². The van der Waals surface area contributed by atoms with E-state index < -0.39 is 12.8 Å². The molecule has 0 atom stereocenters. The Morgan fingerprint density at radius 2 is 2.03 bits per heavy atom. The number of alkyl halides is 3. The second-order valence-electron chi connectivity index (χ2n) is 7.65. The Hall–Kier alpha value is -2.79. The molecule has 0 aliphatic carbocycles. The summed E-state index contributed by atoms with van der Waals surface area (Å²) >= 11 is 2.07. The Morgan fingerprint density at radius 3 is 2.67 bits per heavy atom. The summed E-state index contributed by atoms with van der Waals surface area (Å²) in [5.74, 6) is 2.75. The third-order valence-corrected chi connectivity index (χ3v) is 6.10. The van der Waals surface area contributed by atoms with Crippen molar-refractivity contribution in [3.63, 3.8) is 0 Å². The molecule has 1 aliphatic heterocycles. The average molecular weight is 483 g/mol. The number of rotatable bonds is 6. The number of carbonyl (C=O) groups excluding carboxylic acids is 1. The van der Waals surface area contributed by atoms with Gasteiger partial charge < -0.3 is 14.8 Å². The summed E-state index contributed by atoms with van der Waals surface area (Å²) in [6.45, 7) is 0.867. The van der Waals surface area contributed by atoms with E-state index in [0.717, 1.165) is 0 Å². The molecular weight excluding hydrogens is 457 g/mol. The molecule has 1 N–H and O–H groups in total. The van der Waals surface area contributed by atoms with Gasteiger partial charge in [0.1, 0.15) is 11.4 Å². The van der Waals surface area contributed by atoms with E-state index in [1.54, 1.807) is 18.3 Å². The molecule has 7 nitrogen and oxygen atoms in total. The fraction of sp³-hybridized carbons (Fsp3) is 0.409. The third-order valence-electron chi connectivity index (χ3n) is 5.12. The predicted molar refractivity (Wildman–Crippen MR) is 120 cm³/mol.